The fourth-order valence-corrected chi connectivity index (χ4v) is 1.02. The summed E-state index contributed by atoms with van der Waals surface area (Å²) in [5, 5.41) is 0. The second kappa shape index (κ2) is 5.07. The van der Waals surface area contributed by atoms with Crippen LogP contribution in [0.2, 0.25) is 0 Å². The Hall–Kier alpha value is -0.640. The highest BCUT2D eigenvalue weighted by atomic mass is 79.9. The molecule has 0 atom stereocenters. The number of aromatic nitrogens is 2. The van der Waals surface area contributed by atoms with Crippen LogP contribution < -0.4 is 5.56 Å². The Morgan fingerprint density at radius 3 is 2.45 bits per heavy atom. The normalized spacial score (nSPS) is 8.36. The van der Waals surface area contributed by atoms with Gasteiger partial charge in [0, 0.05) is 6.07 Å². The largest absolute Gasteiger partial charge is 0.311 e. The number of hydrogen-bond donors (Lipinski definition) is 1. The standard InChI is InChI=1S/C5H5BrN2O.C2H6/c1-3-7-4(6)2-5(9)8-3;1-2/h2H,1H3,(H,7,8,9);1-2H3. The van der Waals surface area contributed by atoms with Gasteiger partial charge in [-0.05, 0) is 22.9 Å². The van der Waals surface area contributed by atoms with E-state index in [1.165, 1.54) is 6.07 Å². The highest BCUT2D eigenvalue weighted by Crippen LogP contribution is 1.98. The molecule has 0 saturated heterocycles. The molecule has 1 N–H and O–H groups in total. The van der Waals surface area contributed by atoms with E-state index in [0.717, 1.165) is 0 Å². The molecule has 0 aliphatic carbocycles. The van der Waals surface area contributed by atoms with E-state index < -0.39 is 0 Å². The van der Waals surface area contributed by atoms with Gasteiger partial charge in [0.15, 0.2) is 0 Å². The molecule has 0 bridgehead atoms. The predicted molar refractivity (Wildman–Crippen MR) is 48.6 cm³/mol. The van der Waals surface area contributed by atoms with Gasteiger partial charge < -0.3 is 4.98 Å². The number of halogens is 1. The molecule has 0 spiro atoms. The van der Waals surface area contributed by atoms with Gasteiger partial charge in [0.05, 0.1) is 0 Å². The van der Waals surface area contributed by atoms with Crippen molar-refractivity contribution < 1.29 is 0 Å². The van der Waals surface area contributed by atoms with Crippen LogP contribution in [0, 0.1) is 6.92 Å². The van der Waals surface area contributed by atoms with Crippen LogP contribution in [0.25, 0.3) is 0 Å². The fourth-order valence-electron chi connectivity index (χ4n) is 0.543. The lowest BCUT2D eigenvalue weighted by Gasteiger charge is -1.89. The molecule has 0 amide bonds. The number of nitrogens with one attached hydrogen (secondary N) is 1. The Kier molecular flexibility index (Phi) is 4.77. The van der Waals surface area contributed by atoms with Gasteiger partial charge in [0.2, 0.25) is 0 Å². The van der Waals surface area contributed by atoms with Crippen LogP contribution in [0.5, 0.6) is 0 Å². The number of H-pyrrole nitrogens is 1. The number of aryl methyl sites for hydroxylation is 1. The first-order valence-corrected chi connectivity index (χ1v) is 4.21. The van der Waals surface area contributed by atoms with Gasteiger partial charge in [-0.1, -0.05) is 13.8 Å². The minimum atomic E-state index is -0.130. The van der Waals surface area contributed by atoms with Gasteiger partial charge >= 0.3 is 0 Å². The monoisotopic (exact) mass is 218 g/mol. The first kappa shape index (κ1) is 10.4. The Bertz CT molecular complexity index is 246. The topological polar surface area (TPSA) is 45.8 Å². The lowest BCUT2D eigenvalue weighted by molar-refractivity contribution is 1.00. The molecule has 0 saturated carbocycles. The third-order valence-electron chi connectivity index (χ3n) is 0.829. The Balaban J connectivity index is 0.000000461. The van der Waals surface area contributed by atoms with Gasteiger partial charge in [-0.2, -0.15) is 0 Å². The smallest absolute Gasteiger partial charge is 0.251 e. The fraction of sp³-hybridized carbons (Fsp3) is 0.429. The summed E-state index contributed by atoms with van der Waals surface area (Å²) in [4.78, 5) is 17.0. The SMILES string of the molecule is CC.Cc1nc(Br)cc(=O)[nH]1. The lowest BCUT2D eigenvalue weighted by atomic mass is 10.6. The molecule has 0 aliphatic rings. The molecular weight excluding hydrogens is 208 g/mol. The van der Waals surface area contributed by atoms with E-state index >= 15 is 0 Å². The maximum atomic E-state index is 10.6. The molecule has 11 heavy (non-hydrogen) atoms. The van der Waals surface area contributed by atoms with Gasteiger partial charge in [-0.3, -0.25) is 4.79 Å². The summed E-state index contributed by atoms with van der Waals surface area (Å²) in [7, 11) is 0. The van der Waals surface area contributed by atoms with E-state index in [-0.39, 0.29) is 5.56 Å². The summed E-state index contributed by atoms with van der Waals surface area (Å²) in [6.07, 6.45) is 0. The first-order valence-electron chi connectivity index (χ1n) is 3.42. The van der Waals surface area contributed by atoms with Gasteiger partial charge in [-0.15, -0.1) is 0 Å². The van der Waals surface area contributed by atoms with Crippen LogP contribution in [-0.2, 0) is 0 Å². The van der Waals surface area contributed by atoms with E-state index in [9.17, 15) is 4.79 Å². The zero-order valence-electron chi connectivity index (χ0n) is 6.81. The molecule has 1 aromatic rings. The van der Waals surface area contributed by atoms with Crippen LogP contribution in [0.1, 0.15) is 19.7 Å². The summed E-state index contributed by atoms with van der Waals surface area (Å²) in [6.45, 7) is 5.73. The maximum absolute atomic E-state index is 10.6. The van der Waals surface area contributed by atoms with E-state index in [1.807, 2.05) is 13.8 Å². The average Bonchev–Trinajstić information content (AvgIpc) is 1.88. The molecule has 1 aromatic heterocycles. The van der Waals surface area contributed by atoms with E-state index in [1.54, 1.807) is 6.92 Å². The molecule has 4 heteroatoms. The number of aromatic amines is 1. The first-order chi connectivity index (χ1) is 5.18. The van der Waals surface area contributed by atoms with Crippen molar-refractivity contribution in [2.24, 2.45) is 0 Å². The maximum Gasteiger partial charge on any atom is 0.251 e. The average molecular weight is 219 g/mol. The van der Waals surface area contributed by atoms with Crippen molar-refractivity contribution in [2.75, 3.05) is 0 Å². The molecule has 0 aromatic carbocycles. The molecule has 0 aliphatic heterocycles. The van der Waals surface area contributed by atoms with Gasteiger partial charge in [-0.25, -0.2) is 4.98 Å². The van der Waals surface area contributed by atoms with Crippen molar-refractivity contribution in [3.8, 4) is 0 Å². The van der Waals surface area contributed by atoms with Crippen molar-refractivity contribution in [2.45, 2.75) is 20.8 Å². The third-order valence-corrected chi connectivity index (χ3v) is 1.24. The highest BCUT2D eigenvalue weighted by molar-refractivity contribution is 9.10. The van der Waals surface area contributed by atoms with Crippen LogP contribution in [0.3, 0.4) is 0 Å². The molecule has 62 valence electrons. The molecular formula is C7H11BrN2O. The molecule has 0 unspecified atom stereocenters. The Labute approximate surface area is 74.0 Å². The van der Waals surface area contributed by atoms with Crippen molar-refractivity contribution >= 4 is 15.9 Å². The molecule has 0 fully saturated rings. The van der Waals surface area contributed by atoms with Gasteiger partial charge in [0.1, 0.15) is 10.4 Å². The van der Waals surface area contributed by atoms with Gasteiger partial charge in [0.25, 0.3) is 5.56 Å². The van der Waals surface area contributed by atoms with E-state index in [0.29, 0.717) is 10.4 Å². The zero-order chi connectivity index (χ0) is 8.85. The van der Waals surface area contributed by atoms with Crippen molar-refractivity contribution in [1.82, 2.24) is 9.97 Å². The van der Waals surface area contributed by atoms with Crippen LogP contribution in [0.15, 0.2) is 15.5 Å². The minimum absolute atomic E-state index is 0.130. The summed E-state index contributed by atoms with van der Waals surface area (Å²) in [5.41, 5.74) is -0.130. The molecule has 3 nitrogen and oxygen atoms in total. The second-order valence-corrected chi connectivity index (χ2v) is 2.47. The molecule has 0 radical (unpaired) electrons. The van der Waals surface area contributed by atoms with Crippen LogP contribution in [0.4, 0.5) is 0 Å². The van der Waals surface area contributed by atoms with E-state index in [4.69, 9.17) is 0 Å². The second-order valence-electron chi connectivity index (χ2n) is 1.65. The summed E-state index contributed by atoms with van der Waals surface area (Å²) >= 11 is 3.08. The summed E-state index contributed by atoms with van der Waals surface area (Å²) in [6, 6.07) is 1.38. The van der Waals surface area contributed by atoms with Crippen LogP contribution >= 0.6 is 15.9 Å². The van der Waals surface area contributed by atoms with E-state index in [2.05, 4.69) is 25.9 Å². The Morgan fingerprint density at radius 2 is 2.09 bits per heavy atom. The number of rotatable bonds is 0. The lowest BCUT2D eigenvalue weighted by Crippen LogP contribution is -2.06. The van der Waals surface area contributed by atoms with Crippen molar-refractivity contribution in [1.29, 1.82) is 0 Å². The molecule has 1 heterocycles. The Morgan fingerprint density at radius 1 is 1.55 bits per heavy atom. The highest BCUT2D eigenvalue weighted by Gasteiger charge is 1.90. The minimum Gasteiger partial charge on any atom is -0.311 e. The predicted octanol–water partition coefficient (Wildman–Crippen LogP) is 1.87. The van der Waals surface area contributed by atoms with Crippen LogP contribution in [-0.4, -0.2) is 9.97 Å². The van der Waals surface area contributed by atoms with Crippen molar-refractivity contribution in [3.05, 3.63) is 26.8 Å². The van der Waals surface area contributed by atoms with Crippen molar-refractivity contribution in [3.63, 3.8) is 0 Å². The summed E-state index contributed by atoms with van der Waals surface area (Å²) < 4.78 is 0.573. The molecule has 1 rings (SSSR count). The summed E-state index contributed by atoms with van der Waals surface area (Å²) in [5.74, 6) is 0.620. The quantitative estimate of drug-likeness (QED) is 0.677. The third kappa shape index (κ3) is 3.93. The number of hydrogen-bond acceptors (Lipinski definition) is 2. The number of nitrogens with zero attached hydrogens (tertiary/aromatic N) is 1. The zero-order valence-corrected chi connectivity index (χ0v) is 8.40.